The first-order valence-electron chi connectivity index (χ1n) is 5.79. The van der Waals surface area contributed by atoms with Gasteiger partial charge in [0, 0.05) is 18.3 Å². The Balaban J connectivity index is 2.17. The molecule has 94 valence electrons. The zero-order chi connectivity index (χ0) is 12.8. The molecule has 2 aromatic rings. The van der Waals surface area contributed by atoms with Crippen LogP contribution in [0.5, 0.6) is 11.6 Å². The minimum Gasteiger partial charge on any atom is -0.439 e. The van der Waals surface area contributed by atoms with E-state index < -0.39 is 0 Å². The van der Waals surface area contributed by atoms with E-state index in [4.69, 9.17) is 9.84 Å². The summed E-state index contributed by atoms with van der Waals surface area (Å²) >= 11 is 0. The van der Waals surface area contributed by atoms with E-state index in [0.29, 0.717) is 18.2 Å². The number of nitrogens with one attached hydrogen (secondary N) is 1. The Bertz CT molecular complexity index is 497. The number of ether oxygens (including phenoxy) is 1. The maximum atomic E-state index is 8.97. The van der Waals surface area contributed by atoms with Crippen molar-refractivity contribution in [2.75, 3.05) is 7.05 Å². The molecule has 0 saturated heterocycles. The zero-order valence-electron chi connectivity index (χ0n) is 10.3. The first kappa shape index (κ1) is 12.5. The third kappa shape index (κ3) is 3.06. The Morgan fingerprint density at radius 1 is 1.22 bits per heavy atom. The van der Waals surface area contributed by atoms with E-state index >= 15 is 0 Å². The predicted molar refractivity (Wildman–Crippen MR) is 69.4 cm³/mol. The summed E-state index contributed by atoms with van der Waals surface area (Å²) in [5.41, 5.74) is 1.87. The summed E-state index contributed by atoms with van der Waals surface area (Å²) in [5.74, 6) is 1.31. The van der Waals surface area contributed by atoms with Gasteiger partial charge in [-0.15, -0.1) is 0 Å². The summed E-state index contributed by atoms with van der Waals surface area (Å²) in [5, 5.41) is 12.0. The second-order valence-electron chi connectivity index (χ2n) is 3.90. The summed E-state index contributed by atoms with van der Waals surface area (Å²) in [6, 6.07) is 11.2. The lowest BCUT2D eigenvalue weighted by Gasteiger charge is -2.09. The van der Waals surface area contributed by atoms with Crippen molar-refractivity contribution in [1.82, 2.24) is 10.3 Å². The molecule has 1 heterocycles. The molecule has 1 aromatic heterocycles. The lowest BCUT2D eigenvalue weighted by molar-refractivity contribution is 0.281. The van der Waals surface area contributed by atoms with Crippen molar-refractivity contribution in [2.24, 2.45) is 0 Å². The lowest BCUT2D eigenvalue weighted by Crippen LogP contribution is -2.07. The van der Waals surface area contributed by atoms with Crippen molar-refractivity contribution in [3.63, 3.8) is 0 Å². The Kier molecular flexibility index (Phi) is 4.28. The van der Waals surface area contributed by atoms with Gasteiger partial charge in [-0.1, -0.05) is 18.2 Å². The fraction of sp³-hybridized carbons (Fsp3) is 0.214. The Labute approximate surface area is 106 Å². The van der Waals surface area contributed by atoms with E-state index in [1.165, 1.54) is 0 Å². The van der Waals surface area contributed by atoms with E-state index in [-0.39, 0.29) is 6.61 Å². The number of pyridine rings is 1. The topological polar surface area (TPSA) is 54.4 Å². The van der Waals surface area contributed by atoms with Crippen molar-refractivity contribution in [1.29, 1.82) is 0 Å². The van der Waals surface area contributed by atoms with Gasteiger partial charge in [-0.3, -0.25) is 0 Å². The van der Waals surface area contributed by atoms with Gasteiger partial charge < -0.3 is 15.2 Å². The Morgan fingerprint density at radius 2 is 2.00 bits per heavy atom. The van der Waals surface area contributed by atoms with Gasteiger partial charge in [0.15, 0.2) is 0 Å². The maximum absolute atomic E-state index is 8.97. The number of benzene rings is 1. The van der Waals surface area contributed by atoms with Crippen molar-refractivity contribution in [3.05, 3.63) is 53.7 Å². The van der Waals surface area contributed by atoms with Gasteiger partial charge in [-0.25, -0.2) is 4.98 Å². The molecular formula is C14H16N2O2. The Morgan fingerprint density at radius 3 is 2.67 bits per heavy atom. The van der Waals surface area contributed by atoms with Crippen LogP contribution in [0.15, 0.2) is 42.6 Å². The molecule has 0 unspecified atom stereocenters. The zero-order valence-corrected chi connectivity index (χ0v) is 10.3. The number of aliphatic hydroxyl groups excluding tert-OH is 1. The summed E-state index contributed by atoms with van der Waals surface area (Å²) in [7, 11) is 1.88. The Hall–Kier alpha value is -1.91. The number of aliphatic hydroxyl groups is 1. The van der Waals surface area contributed by atoms with Crippen molar-refractivity contribution in [2.45, 2.75) is 13.2 Å². The first-order chi connectivity index (χ1) is 8.83. The predicted octanol–water partition coefficient (Wildman–Crippen LogP) is 2.09. The average molecular weight is 244 g/mol. The van der Waals surface area contributed by atoms with Crippen LogP contribution in [0.4, 0.5) is 0 Å². The van der Waals surface area contributed by atoms with Gasteiger partial charge in [0.25, 0.3) is 0 Å². The van der Waals surface area contributed by atoms with Crippen LogP contribution in [-0.2, 0) is 13.2 Å². The van der Waals surface area contributed by atoms with Gasteiger partial charge >= 0.3 is 0 Å². The van der Waals surface area contributed by atoms with Crippen molar-refractivity contribution < 1.29 is 9.84 Å². The van der Waals surface area contributed by atoms with E-state index in [0.717, 1.165) is 11.1 Å². The van der Waals surface area contributed by atoms with Gasteiger partial charge in [-0.2, -0.15) is 0 Å². The molecule has 1 aromatic carbocycles. The first-order valence-corrected chi connectivity index (χ1v) is 5.79. The monoisotopic (exact) mass is 244 g/mol. The van der Waals surface area contributed by atoms with Crippen molar-refractivity contribution in [3.8, 4) is 11.6 Å². The second-order valence-corrected chi connectivity index (χ2v) is 3.90. The van der Waals surface area contributed by atoms with Crippen LogP contribution in [0.25, 0.3) is 0 Å². The minimum atomic E-state index is 0.0366. The highest BCUT2D eigenvalue weighted by molar-refractivity contribution is 5.33. The lowest BCUT2D eigenvalue weighted by atomic mass is 10.2. The third-order valence-electron chi connectivity index (χ3n) is 2.54. The van der Waals surface area contributed by atoms with Gasteiger partial charge in [0.1, 0.15) is 5.75 Å². The van der Waals surface area contributed by atoms with E-state index in [1.807, 2.05) is 43.4 Å². The van der Waals surface area contributed by atoms with Crippen LogP contribution >= 0.6 is 0 Å². The highest BCUT2D eigenvalue weighted by Gasteiger charge is 2.05. The molecule has 0 atom stereocenters. The van der Waals surface area contributed by atoms with Crippen LogP contribution in [-0.4, -0.2) is 17.1 Å². The van der Waals surface area contributed by atoms with Gasteiger partial charge in [0.05, 0.1) is 6.61 Å². The molecule has 2 N–H and O–H groups in total. The molecule has 0 saturated carbocycles. The number of nitrogens with zero attached hydrogens (tertiary/aromatic N) is 1. The largest absolute Gasteiger partial charge is 0.439 e. The van der Waals surface area contributed by atoms with Crippen LogP contribution in [0, 0.1) is 0 Å². The number of hydrogen-bond donors (Lipinski definition) is 2. The van der Waals surface area contributed by atoms with Crippen LogP contribution < -0.4 is 10.1 Å². The third-order valence-corrected chi connectivity index (χ3v) is 2.54. The molecule has 4 nitrogen and oxygen atoms in total. The fourth-order valence-electron chi connectivity index (χ4n) is 1.62. The van der Waals surface area contributed by atoms with Crippen LogP contribution in [0.3, 0.4) is 0 Å². The molecule has 4 heteroatoms. The molecule has 0 spiro atoms. The molecule has 0 aliphatic carbocycles. The molecule has 0 amide bonds. The van der Waals surface area contributed by atoms with E-state index in [9.17, 15) is 0 Å². The summed E-state index contributed by atoms with van der Waals surface area (Å²) in [6.07, 6.45) is 1.70. The molecule has 2 rings (SSSR count). The maximum Gasteiger partial charge on any atom is 0.223 e. The quantitative estimate of drug-likeness (QED) is 0.845. The average Bonchev–Trinajstić information content (AvgIpc) is 2.42. The van der Waals surface area contributed by atoms with Crippen LogP contribution in [0.1, 0.15) is 11.1 Å². The SMILES string of the molecule is CNCc1cccnc1Oc1ccc(CO)cc1. The molecule has 0 radical (unpaired) electrons. The standard InChI is InChI=1S/C14H16N2O2/c1-15-9-12-3-2-8-16-14(12)18-13-6-4-11(10-17)5-7-13/h2-8,15,17H,9-10H2,1H3. The summed E-state index contributed by atoms with van der Waals surface area (Å²) < 4.78 is 5.73. The molecule has 0 aliphatic rings. The molecule has 18 heavy (non-hydrogen) atoms. The van der Waals surface area contributed by atoms with Gasteiger partial charge in [0.2, 0.25) is 5.88 Å². The fourth-order valence-corrected chi connectivity index (χ4v) is 1.62. The second kappa shape index (κ2) is 6.14. The van der Waals surface area contributed by atoms with E-state index in [1.54, 1.807) is 6.20 Å². The number of rotatable bonds is 5. The summed E-state index contributed by atoms with van der Waals surface area (Å²) in [4.78, 5) is 4.22. The minimum absolute atomic E-state index is 0.0366. The molecular weight excluding hydrogens is 228 g/mol. The molecule has 0 bridgehead atoms. The van der Waals surface area contributed by atoms with Crippen molar-refractivity contribution >= 4 is 0 Å². The highest BCUT2D eigenvalue weighted by atomic mass is 16.5. The number of aromatic nitrogens is 1. The number of hydrogen-bond acceptors (Lipinski definition) is 4. The molecule has 0 fully saturated rings. The van der Waals surface area contributed by atoms with Crippen LogP contribution in [0.2, 0.25) is 0 Å². The molecule has 0 aliphatic heterocycles. The summed E-state index contributed by atoms with van der Waals surface area (Å²) in [6.45, 7) is 0.743. The smallest absolute Gasteiger partial charge is 0.223 e. The normalized spacial score (nSPS) is 10.3. The van der Waals surface area contributed by atoms with E-state index in [2.05, 4.69) is 10.3 Å². The highest BCUT2D eigenvalue weighted by Crippen LogP contribution is 2.23. The van der Waals surface area contributed by atoms with Gasteiger partial charge in [-0.05, 0) is 30.8 Å².